The molecule has 172 valence electrons. The molecule has 0 atom stereocenters. The van der Waals surface area contributed by atoms with Crippen LogP contribution in [0.4, 0.5) is 11.4 Å². The van der Waals surface area contributed by atoms with Crippen LogP contribution in [0.3, 0.4) is 0 Å². The summed E-state index contributed by atoms with van der Waals surface area (Å²) in [5.74, 6) is 1.67. The second-order valence-electron chi connectivity index (χ2n) is 7.82. The van der Waals surface area contributed by atoms with Gasteiger partial charge in [0.05, 0.1) is 24.6 Å². The summed E-state index contributed by atoms with van der Waals surface area (Å²) in [7, 11) is 0. The van der Waals surface area contributed by atoms with Gasteiger partial charge in [0.2, 0.25) is 0 Å². The molecule has 0 spiro atoms. The highest BCUT2D eigenvalue weighted by Gasteiger charge is 2.01. The number of benzene rings is 2. The topological polar surface area (TPSA) is 50.9 Å². The third-order valence-electron chi connectivity index (χ3n) is 5.17. The highest BCUT2D eigenvalue weighted by molar-refractivity contribution is 5.44. The molecule has 0 N–H and O–H groups in total. The van der Waals surface area contributed by atoms with E-state index in [9.17, 15) is 0 Å². The van der Waals surface area contributed by atoms with Crippen LogP contribution in [0.1, 0.15) is 12.8 Å². The first-order valence-electron chi connectivity index (χ1n) is 11.6. The summed E-state index contributed by atoms with van der Waals surface area (Å²) in [4.78, 5) is 0. The Morgan fingerprint density at radius 3 is 1.26 bits per heavy atom. The third-order valence-corrected chi connectivity index (χ3v) is 5.17. The fourth-order valence-corrected chi connectivity index (χ4v) is 3.37. The SMILES string of the molecule is c1cc[n+](CCCOc2ccc(N=Nc3ccc(OCCC[n+]4ccccc4)cc3)cc2)cc1. The van der Waals surface area contributed by atoms with Gasteiger partial charge in [-0.1, -0.05) is 12.1 Å². The highest BCUT2D eigenvalue weighted by atomic mass is 16.5. The monoisotopic (exact) mass is 454 g/mol. The molecule has 34 heavy (non-hydrogen) atoms. The molecule has 2 heterocycles. The van der Waals surface area contributed by atoms with E-state index in [1.165, 1.54) is 0 Å². The standard InChI is InChI=1S/C28H30N4O2/c1-3-17-31(18-4-1)21-7-23-33-27-13-9-25(10-14-27)29-30-26-11-15-28(16-12-26)34-24-8-22-32-19-5-2-6-20-32/h1-6,9-20H,7-8,21-24H2/q+2. The Kier molecular flexibility index (Phi) is 8.73. The zero-order valence-corrected chi connectivity index (χ0v) is 19.2. The predicted molar refractivity (Wildman–Crippen MR) is 131 cm³/mol. The fourth-order valence-electron chi connectivity index (χ4n) is 3.37. The second-order valence-corrected chi connectivity index (χ2v) is 7.82. The molecule has 0 unspecified atom stereocenters. The minimum absolute atomic E-state index is 0.669. The summed E-state index contributed by atoms with van der Waals surface area (Å²) in [5, 5.41) is 8.63. The summed E-state index contributed by atoms with van der Waals surface area (Å²) in [5.41, 5.74) is 1.57. The number of azo groups is 1. The van der Waals surface area contributed by atoms with Crippen LogP contribution in [0.15, 0.2) is 120 Å². The maximum Gasteiger partial charge on any atom is 0.168 e. The van der Waals surface area contributed by atoms with Gasteiger partial charge in [0, 0.05) is 37.1 Å². The van der Waals surface area contributed by atoms with Crippen molar-refractivity contribution >= 4 is 11.4 Å². The Morgan fingerprint density at radius 1 is 0.500 bits per heavy atom. The number of hydrogen-bond acceptors (Lipinski definition) is 4. The van der Waals surface area contributed by atoms with E-state index in [0.717, 1.165) is 48.8 Å². The van der Waals surface area contributed by atoms with Gasteiger partial charge in [0.25, 0.3) is 0 Å². The van der Waals surface area contributed by atoms with Gasteiger partial charge < -0.3 is 9.47 Å². The lowest BCUT2D eigenvalue weighted by Crippen LogP contribution is -2.33. The van der Waals surface area contributed by atoms with Gasteiger partial charge >= 0.3 is 0 Å². The van der Waals surface area contributed by atoms with Crippen molar-refractivity contribution in [3.05, 3.63) is 110 Å². The van der Waals surface area contributed by atoms with Crippen molar-refractivity contribution in [1.29, 1.82) is 0 Å². The Hall–Kier alpha value is -4.06. The van der Waals surface area contributed by atoms with Gasteiger partial charge in [0.15, 0.2) is 37.9 Å². The predicted octanol–water partition coefficient (Wildman–Crippen LogP) is 5.62. The number of nitrogens with zero attached hydrogens (tertiary/aromatic N) is 4. The fraction of sp³-hybridized carbons (Fsp3) is 0.214. The zero-order valence-electron chi connectivity index (χ0n) is 19.2. The lowest BCUT2D eigenvalue weighted by atomic mass is 10.3. The van der Waals surface area contributed by atoms with Crippen molar-refractivity contribution in [2.24, 2.45) is 10.2 Å². The van der Waals surface area contributed by atoms with Crippen LogP contribution in [-0.2, 0) is 13.1 Å². The quantitative estimate of drug-likeness (QED) is 0.159. The summed E-state index contributed by atoms with van der Waals surface area (Å²) >= 11 is 0. The molecule has 0 radical (unpaired) electrons. The van der Waals surface area contributed by atoms with Crippen LogP contribution in [0.25, 0.3) is 0 Å². The smallest absolute Gasteiger partial charge is 0.168 e. The van der Waals surface area contributed by atoms with E-state index >= 15 is 0 Å². The van der Waals surface area contributed by atoms with Crippen LogP contribution >= 0.6 is 0 Å². The minimum Gasteiger partial charge on any atom is -0.493 e. The summed E-state index contributed by atoms with van der Waals surface area (Å²) in [6.07, 6.45) is 10.1. The highest BCUT2D eigenvalue weighted by Crippen LogP contribution is 2.23. The van der Waals surface area contributed by atoms with Gasteiger partial charge in [-0.05, 0) is 48.5 Å². The number of hydrogen-bond donors (Lipinski definition) is 0. The van der Waals surface area contributed by atoms with Crippen molar-refractivity contribution in [2.45, 2.75) is 25.9 Å². The number of aromatic nitrogens is 2. The number of pyridine rings is 2. The molecule has 0 bridgehead atoms. The maximum absolute atomic E-state index is 5.82. The number of rotatable bonds is 12. The first-order valence-corrected chi connectivity index (χ1v) is 11.6. The molecule has 6 heteroatoms. The van der Waals surface area contributed by atoms with Crippen LogP contribution in [0.5, 0.6) is 11.5 Å². The Bertz CT molecular complexity index is 1040. The Morgan fingerprint density at radius 2 is 0.882 bits per heavy atom. The lowest BCUT2D eigenvalue weighted by molar-refractivity contribution is -0.697. The van der Waals surface area contributed by atoms with E-state index in [0.29, 0.717) is 13.2 Å². The molecule has 4 aromatic rings. The zero-order chi connectivity index (χ0) is 23.3. The van der Waals surface area contributed by atoms with Gasteiger partial charge in [0.1, 0.15) is 11.5 Å². The van der Waals surface area contributed by atoms with E-state index in [1.807, 2.05) is 84.9 Å². The van der Waals surface area contributed by atoms with Gasteiger partial charge in [-0.2, -0.15) is 10.2 Å². The van der Waals surface area contributed by atoms with E-state index in [-0.39, 0.29) is 0 Å². The van der Waals surface area contributed by atoms with Crippen LogP contribution in [0.2, 0.25) is 0 Å². The molecule has 0 saturated carbocycles. The molecule has 0 aliphatic heterocycles. The van der Waals surface area contributed by atoms with E-state index in [2.05, 4.69) is 44.2 Å². The van der Waals surface area contributed by atoms with Crippen LogP contribution in [0, 0.1) is 0 Å². The molecular formula is C28H30N4O2+2. The maximum atomic E-state index is 5.82. The number of aryl methyl sites for hydroxylation is 2. The van der Waals surface area contributed by atoms with Gasteiger partial charge in [-0.3, -0.25) is 0 Å². The minimum atomic E-state index is 0.669. The van der Waals surface area contributed by atoms with E-state index < -0.39 is 0 Å². The average Bonchev–Trinajstić information content (AvgIpc) is 2.90. The molecule has 2 aromatic heterocycles. The van der Waals surface area contributed by atoms with Crippen LogP contribution < -0.4 is 18.6 Å². The summed E-state index contributed by atoms with van der Waals surface area (Å²) in [6, 6.07) is 27.5. The molecule has 4 rings (SSSR count). The largest absolute Gasteiger partial charge is 0.493 e. The first-order chi connectivity index (χ1) is 16.8. The first kappa shape index (κ1) is 23.1. The Labute approximate surface area is 200 Å². The molecule has 0 aliphatic rings. The average molecular weight is 455 g/mol. The van der Waals surface area contributed by atoms with Crippen molar-refractivity contribution in [3.8, 4) is 11.5 Å². The molecular weight excluding hydrogens is 424 g/mol. The summed E-state index contributed by atoms with van der Waals surface area (Å²) in [6.45, 7) is 3.21. The van der Waals surface area contributed by atoms with E-state index in [1.54, 1.807) is 0 Å². The van der Waals surface area contributed by atoms with Crippen molar-refractivity contribution in [2.75, 3.05) is 13.2 Å². The molecule has 0 amide bonds. The summed E-state index contributed by atoms with van der Waals surface area (Å²) < 4.78 is 15.9. The van der Waals surface area contributed by atoms with Crippen LogP contribution in [-0.4, -0.2) is 13.2 Å². The Balaban J connectivity index is 1.16. The van der Waals surface area contributed by atoms with Crippen molar-refractivity contribution in [3.63, 3.8) is 0 Å². The lowest BCUT2D eigenvalue weighted by Gasteiger charge is -2.05. The molecule has 0 fully saturated rings. The van der Waals surface area contributed by atoms with Crippen molar-refractivity contribution in [1.82, 2.24) is 0 Å². The molecule has 2 aromatic carbocycles. The van der Waals surface area contributed by atoms with E-state index in [4.69, 9.17) is 9.47 Å². The van der Waals surface area contributed by atoms with Gasteiger partial charge in [-0.15, -0.1) is 0 Å². The van der Waals surface area contributed by atoms with Crippen molar-refractivity contribution < 1.29 is 18.6 Å². The third kappa shape index (κ3) is 7.81. The number of ether oxygens (including phenoxy) is 2. The van der Waals surface area contributed by atoms with Gasteiger partial charge in [-0.25, -0.2) is 9.13 Å². The second kappa shape index (κ2) is 12.8. The molecule has 6 nitrogen and oxygen atoms in total. The normalized spacial score (nSPS) is 10.9. The molecule has 0 saturated heterocycles. The molecule has 0 aliphatic carbocycles.